The maximum Gasteiger partial charge on any atom is 0.0342 e. The molecule has 0 fully saturated rings. The van der Waals surface area contributed by atoms with Gasteiger partial charge in [0.15, 0.2) is 0 Å². The Bertz CT molecular complexity index is 553. The lowest BCUT2D eigenvalue weighted by Gasteiger charge is -2.26. The Balaban J connectivity index is 1.69. The number of halogens is 1. The highest BCUT2D eigenvalue weighted by Gasteiger charge is 2.19. The van der Waals surface area contributed by atoms with Crippen LogP contribution in [-0.2, 0) is 6.54 Å². The molecule has 1 aliphatic heterocycles. The van der Waals surface area contributed by atoms with Gasteiger partial charge in [-0.1, -0.05) is 46.3 Å². The number of benzene rings is 2. The van der Waals surface area contributed by atoms with E-state index in [9.17, 15) is 0 Å². The van der Waals surface area contributed by atoms with Crippen molar-refractivity contribution in [1.82, 2.24) is 5.32 Å². The topological polar surface area (TPSA) is 12.0 Å². The largest absolute Gasteiger partial charge is 0.306 e. The molecule has 1 atom stereocenters. The quantitative estimate of drug-likeness (QED) is 0.867. The van der Waals surface area contributed by atoms with Gasteiger partial charge in [-0.2, -0.15) is 0 Å². The van der Waals surface area contributed by atoms with Gasteiger partial charge in [-0.3, -0.25) is 0 Å². The summed E-state index contributed by atoms with van der Waals surface area (Å²) in [7, 11) is 0. The third-order valence-corrected chi connectivity index (χ3v) is 5.08. The van der Waals surface area contributed by atoms with Crippen LogP contribution in [0, 0.1) is 0 Å². The van der Waals surface area contributed by atoms with Crippen LogP contribution in [0.1, 0.15) is 23.6 Å². The van der Waals surface area contributed by atoms with Crippen LogP contribution in [0.3, 0.4) is 0 Å². The van der Waals surface area contributed by atoms with E-state index in [-0.39, 0.29) is 0 Å². The van der Waals surface area contributed by atoms with Crippen molar-refractivity contribution >= 4 is 27.7 Å². The number of fused-ring (bicyclic) bond motifs is 1. The minimum Gasteiger partial charge on any atom is -0.306 e. The molecule has 2 aromatic rings. The molecule has 0 amide bonds. The van der Waals surface area contributed by atoms with Crippen LogP contribution >= 0.6 is 27.7 Å². The number of hydrogen-bond donors (Lipinski definition) is 1. The van der Waals surface area contributed by atoms with Crippen molar-refractivity contribution in [3.8, 4) is 0 Å². The van der Waals surface area contributed by atoms with E-state index in [0.29, 0.717) is 6.04 Å². The van der Waals surface area contributed by atoms with Crippen molar-refractivity contribution in [2.24, 2.45) is 0 Å². The zero-order valence-corrected chi connectivity index (χ0v) is 13.0. The zero-order chi connectivity index (χ0) is 13.1. The Labute approximate surface area is 126 Å². The molecule has 0 saturated heterocycles. The molecule has 0 spiro atoms. The lowest BCUT2D eigenvalue weighted by Crippen LogP contribution is -2.24. The predicted molar refractivity (Wildman–Crippen MR) is 85.5 cm³/mol. The lowest BCUT2D eigenvalue weighted by molar-refractivity contribution is 0.510. The van der Waals surface area contributed by atoms with Crippen LogP contribution in [0.25, 0.3) is 0 Å². The number of thioether (sulfide) groups is 1. The smallest absolute Gasteiger partial charge is 0.0342 e. The number of hydrogen-bond acceptors (Lipinski definition) is 2. The van der Waals surface area contributed by atoms with Gasteiger partial charge in [0.2, 0.25) is 0 Å². The fourth-order valence-corrected chi connectivity index (χ4v) is 3.79. The highest BCUT2D eigenvalue weighted by Crippen LogP contribution is 2.35. The van der Waals surface area contributed by atoms with Crippen LogP contribution < -0.4 is 5.32 Å². The Morgan fingerprint density at radius 2 is 1.89 bits per heavy atom. The molecule has 1 N–H and O–H groups in total. The summed E-state index contributed by atoms with van der Waals surface area (Å²) in [6.45, 7) is 0.928. The molecule has 3 rings (SSSR count). The summed E-state index contributed by atoms with van der Waals surface area (Å²) < 4.78 is 1.13. The normalized spacial score (nSPS) is 18.1. The molecule has 0 saturated carbocycles. The molecular weight excluding hydrogens is 318 g/mol. The lowest BCUT2D eigenvalue weighted by atomic mass is 10.0. The van der Waals surface area contributed by atoms with E-state index >= 15 is 0 Å². The zero-order valence-electron chi connectivity index (χ0n) is 10.6. The molecule has 0 bridgehead atoms. The van der Waals surface area contributed by atoms with E-state index < -0.39 is 0 Å². The van der Waals surface area contributed by atoms with Crippen LogP contribution in [0.4, 0.5) is 0 Å². The molecule has 1 aliphatic rings. The second-order valence-corrected chi connectivity index (χ2v) is 6.79. The van der Waals surface area contributed by atoms with Gasteiger partial charge in [0.1, 0.15) is 0 Å². The van der Waals surface area contributed by atoms with Gasteiger partial charge in [-0.05, 0) is 41.5 Å². The average molecular weight is 334 g/mol. The fraction of sp³-hybridized carbons (Fsp3) is 0.250. The van der Waals surface area contributed by atoms with Crippen LogP contribution in [-0.4, -0.2) is 5.75 Å². The van der Waals surface area contributed by atoms with Crippen molar-refractivity contribution in [2.75, 3.05) is 5.75 Å². The first-order valence-corrected chi connectivity index (χ1v) is 8.30. The minimum atomic E-state index is 0.487. The van der Waals surface area contributed by atoms with Crippen molar-refractivity contribution in [3.63, 3.8) is 0 Å². The first-order chi connectivity index (χ1) is 9.33. The monoisotopic (exact) mass is 333 g/mol. The molecule has 1 unspecified atom stereocenters. The third kappa shape index (κ3) is 3.22. The Hall–Kier alpha value is -0.770. The highest BCUT2D eigenvalue weighted by molar-refractivity contribution is 9.10. The van der Waals surface area contributed by atoms with Gasteiger partial charge in [0.25, 0.3) is 0 Å². The van der Waals surface area contributed by atoms with Gasteiger partial charge in [0.05, 0.1) is 0 Å². The highest BCUT2D eigenvalue weighted by atomic mass is 79.9. The van der Waals surface area contributed by atoms with Crippen LogP contribution in [0.2, 0.25) is 0 Å². The molecule has 0 radical (unpaired) electrons. The summed E-state index contributed by atoms with van der Waals surface area (Å²) in [4.78, 5) is 1.43. The van der Waals surface area contributed by atoms with Crippen LogP contribution in [0.5, 0.6) is 0 Å². The van der Waals surface area contributed by atoms with E-state index in [2.05, 4.69) is 69.8 Å². The molecular formula is C16H16BrNS. The van der Waals surface area contributed by atoms with E-state index in [0.717, 1.165) is 11.0 Å². The summed E-state index contributed by atoms with van der Waals surface area (Å²) in [6.07, 6.45) is 1.21. The van der Waals surface area contributed by atoms with Gasteiger partial charge >= 0.3 is 0 Å². The van der Waals surface area contributed by atoms with E-state index in [1.165, 1.54) is 28.2 Å². The average Bonchev–Trinajstić information content (AvgIpc) is 2.47. The van der Waals surface area contributed by atoms with Gasteiger partial charge in [-0.15, -0.1) is 11.8 Å². The molecule has 98 valence electrons. The summed E-state index contributed by atoms with van der Waals surface area (Å²) in [5, 5.41) is 3.68. The summed E-state index contributed by atoms with van der Waals surface area (Å²) in [5.41, 5.74) is 2.79. The maximum atomic E-state index is 3.68. The second kappa shape index (κ2) is 6.12. The number of rotatable bonds is 3. The molecule has 3 heteroatoms. The van der Waals surface area contributed by atoms with Crippen molar-refractivity contribution in [3.05, 3.63) is 64.1 Å². The standard InChI is InChI=1S/C16H16BrNS/c17-13-7-5-12(6-8-13)11-18-15-9-10-19-16-4-2-1-3-14(15)16/h1-8,15,18H,9-11H2. The fourth-order valence-electron chi connectivity index (χ4n) is 2.40. The van der Waals surface area contributed by atoms with Gasteiger partial charge in [-0.25, -0.2) is 0 Å². The Kier molecular flexibility index (Phi) is 4.26. The summed E-state index contributed by atoms with van der Waals surface area (Å²) >= 11 is 5.44. The molecule has 2 aromatic carbocycles. The minimum absolute atomic E-state index is 0.487. The molecule has 0 aliphatic carbocycles. The predicted octanol–water partition coefficient (Wildman–Crippen LogP) is 4.78. The first kappa shape index (κ1) is 13.2. The SMILES string of the molecule is Brc1ccc(CNC2CCSc3ccccc32)cc1. The van der Waals surface area contributed by atoms with E-state index in [1.807, 2.05) is 11.8 Å². The molecule has 19 heavy (non-hydrogen) atoms. The van der Waals surface area contributed by atoms with Crippen molar-refractivity contribution in [1.29, 1.82) is 0 Å². The van der Waals surface area contributed by atoms with E-state index in [4.69, 9.17) is 0 Å². The third-order valence-electron chi connectivity index (χ3n) is 3.42. The second-order valence-electron chi connectivity index (χ2n) is 4.73. The summed E-state index contributed by atoms with van der Waals surface area (Å²) in [5.74, 6) is 1.20. The number of nitrogens with one attached hydrogen (secondary N) is 1. The van der Waals surface area contributed by atoms with Gasteiger partial charge in [0, 0.05) is 22.0 Å². The van der Waals surface area contributed by atoms with Gasteiger partial charge < -0.3 is 5.32 Å². The molecule has 1 nitrogen and oxygen atoms in total. The molecule has 0 aromatic heterocycles. The van der Waals surface area contributed by atoms with Crippen molar-refractivity contribution < 1.29 is 0 Å². The van der Waals surface area contributed by atoms with Crippen LogP contribution in [0.15, 0.2) is 57.9 Å². The first-order valence-electron chi connectivity index (χ1n) is 6.52. The van der Waals surface area contributed by atoms with E-state index in [1.54, 1.807) is 0 Å². The Morgan fingerprint density at radius 1 is 1.11 bits per heavy atom. The molecule has 1 heterocycles. The van der Waals surface area contributed by atoms with Crippen molar-refractivity contribution in [2.45, 2.75) is 23.9 Å². The maximum absolute atomic E-state index is 3.68. The Morgan fingerprint density at radius 3 is 2.74 bits per heavy atom. The summed E-state index contributed by atoms with van der Waals surface area (Å²) in [6, 6.07) is 17.8.